The number of nitrogens with one attached hydrogen (secondary N) is 1. The third-order valence-corrected chi connectivity index (χ3v) is 4.53. The fourth-order valence-corrected chi connectivity index (χ4v) is 3.11. The second-order valence-corrected chi connectivity index (χ2v) is 5.73. The molecule has 0 amide bonds. The minimum Gasteiger partial charge on any atom is -0.508 e. The van der Waals surface area contributed by atoms with Crippen molar-refractivity contribution in [3.63, 3.8) is 0 Å². The largest absolute Gasteiger partial charge is 0.508 e. The van der Waals surface area contributed by atoms with E-state index in [1.165, 1.54) is 37.7 Å². The minimum atomic E-state index is 0.302. The maximum absolute atomic E-state index is 9.23. The van der Waals surface area contributed by atoms with Gasteiger partial charge in [0, 0.05) is 19.0 Å². The van der Waals surface area contributed by atoms with Crippen molar-refractivity contribution in [3.8, 4) is 5.75 Å². The van der Waals surface area contributed by atoms with Crippen LogP contribution in [0.1, 0.15) is 37.7 Å². The molecule has 0 aliphatic heterocycles. The number of halogens is 1. The summed E-state index contributed by atoms with van der Waals surface area (Å²) in [5.41, 5.74) is 1.50. The lowest BCUT2D eigenvalue weighted by Crippen LogP contribution is -2.37. The molecule has 1 aromatic carbocycles. The maximum atomic E-state index is 9.23. The zero-order valence-corrected chi connectivity index (χ0v) is 11.5. The molecule has 1 saturated carbocycles. The van der Waals surface area contributed by atoms with Crippen LogP contribution < -0.4 is 5.32 Å². The summed E-state index contributed by atoms with van der Waals surface area (Å²) in [6.45, 7) is 1.84. The number of alkyl halides is 1. The topological polar surface area (TPSA) is 32.3 Å². The molecule has 2 rings (SSSR count). The highest BCUT2D eigenvalue weighted by Crippen LogP contribution is 2.36. The Kier molecular flexibility index (Phi) is 4.90. The number of rotatable bonds is 5. The first kappa shape index (κ1) is 13.7. The van der Waals surface area contributed by atoms with E-state index in [4.69, 9.17) is 11.6 Å². The highest BCUT2D eigenvalue weighted by atomic mass is 35.5. The van der Waals surface area contributed by atoms with Gasteiger partial charge in [-0.2, -0.15) is 0 Å². The van der Waals surface area contributed by atoms with Gasteiger partial charge in [0.25, 0.3) is 0 Å². The lowest BCUT2D eigenvalue weighted by atomic mass is 9.75. The van der Waals surface area contributed by atoms with Crippen molar-refractivity contribution in [2.24, 2.45) is 5.41 Å². The third-order valence-electron chi connectivity index (χ3n) is 3.96. The molecule has 0 unspecified atom stereocenters. The molecule has 0 aromatic heterocycles. The highest BCUT2D eigenvalue weighted by Gasteiger charge is 2.30. The molecule has 3 heteroatoms. The molecule has 0 bridgehead atoms. The van der Waals surface area contributed by atoms with Crippen molar-refractivity contribution in [3.05, 3.63) is 29.8 Å². The van der Waals surface area contributed by atoms with Gasteiger partial charge in [0.1, 0.15) is 5.75 Å². The van der Waals surface area contributed by atoms with Crippen molar-refractivity contribution >= 4 is 11.6 Å². The molecule has 2 nitrogen and oxygen atoms in total. The standard InChI is InChI=1S/C15H22ClNO/c16-11-15(8-2-1-3-9-15)12-17-10-13-4-6-14(18)7-5-13/h4-7,17-18H,1-3,8-12H2. The molecular formula is C15H22ClNO. The van der Waals surface area contributed by atoms with Crippen LogP contribution in [-0.2, 0) is 6.54 Å². The van der Waals surface area contributed by atoms with Gasteiger partial charge < -0.3 is 10.4 Å². The van der Waals surface area contributed by atoms with Crippen LogP contribution >= 0.6 is 11.6 Å². The second-order valence-electron chi connectivity index (χ2n) is 5.46. The molecule has 18 heavy (non-hydrogen) atoms. The van der Waals surface area contributed by atoms with Gasteiger partial charge in [-0.15, -0.1) is 11.6 Å². The molecule has 1 aliphatic carbocycles. The molecule has 1 aliphatic rings. The third kappa shape index (κ3) is 3.63. The zero-order chi connectivity index (χ0) is 12.8. The first-order chi connectivity index (χ1) is 8.74. The van der Waals surface area contributed by atoms with E-state index in [1.54, 1.807) is 12.1 Å². The first-order valence-electron chi connectivity index (χ1n) is 6.79. The number of phenolic OH excluding ortho intramolecular Hbond substituents is 1. The number of hydrogen-bond donors (Lipinski definition) is 2. The lowest BCUT2D eigenvalue weighted by molar-refractivity contribution is 0.212. The lowest BCUT2D eigenvalue weighted by Gasteiger charge is -2.35. The molecule has 0 radical (unpaired) electrons. The second kappa shape index (κ2) is 6.44. The average Bonchev–Trinajstić information content (AvgIpc) is 2.42. The van der Waals surface area contributed by atoms with Gasteiger partial charge in [-0.1, -0.05) is 31.4 Å². The van der Waals surface area contributed by atoms with Gasteiger partial charge in [-0.05, 0) is 36.0 Å². The SMILES string of the molecule is Oc1ccc(CNCC2(CCl)CCCCC2)cc1. The van der Waals surface area contributed by atoms with Crippen molar-refractivity contribution in [1.29, 1.82) is 0 Å². The van der Waals surface area contributed by atoms with E-state index in [9.17, 15) is 5.11 Å². The van der Waals surface area contributed by atoms with Gasteiger partial charge in [0.15, 0.2) is 0 Å². The summed E-state index contributed by atoms with van der Waals surface area (Å²) in [7, 11) is 0. The van der Waals surface area contributed by atoms with E-state index in [2.05, 4.69) is 5.32 Å². The Labute approximate surface area is 114 Å². The van der Waals surface area contributed by atoms with Crippen LogP contribution in [0.2, 0.25) is 0 Å². The monoisotopic (exact) mass is 267 g/mol. The molecule has 0 heterocycles. The van der Waals surface area contributed by atoms with Crippen LogP contribution in [0.3, 0.4) is 0 Å². The van der Waals surface area contributed by atoms with Gasteiger partial charge in [0.05, 0.1) is 0 Å². The predicted molar refractivity (Wildman–Crippen MR) is 76.1 cm³/mol. The summed E-state index contributed by atoms with van der Waals surface area (Å²) in [4.78, 5) is 0. The Bertz CT molecular complexity index is 357. The zero-order valence-electron chi connectivity index (χ0n) is 10.8. The van der Waals surface area contributed by atoms with Crippen molar-refractivity contribution in [2.75, 3.05) is 12.4 Å². The molecule has 0 saturated heterocycles. The minimum absolute atomic E-state index is 0.302. The summed E-state index contributed by atoms with van der Waals surface area (Å²) in [5, 5.41) is 12.7. The van der Waals surface area contributed by atoms with E-state index in [0.717, 1.165) is 19.0 Å². The van der Waals surface area contributed by atoms with Crippen LogP contribution in [0.5, 0.6) is 5.75 Å². The van der Waals surface area contributed by atoms with Gasteiger partial charge in [-0.25, -0.2) is 0 Å². The highest BCUT2D eigenvalue weighted by molar-refractivity contribution is 6.18. The molecule has 100 valence electrons. The van der Waals surface area contributed by atoms with Crippen LogP contribution in [0.4, 0.5) is 0 Å². The Hall–Kier alpha value is -0.730. The Balaban J connectivity index is 1.81. The molecule has 0 spiro atoms. The molecule has 2 N–H and O–H groups in total. The van der Waals surface area contributed by atoms with Crippen LogP contribution in [0.15, 0.2) is 24.3 Å². The summed E-state index contributed by atoms with van der Waals surface area (Å²) < 4.78 is 0. The van der Waals surface area contributed by atoms with E-state index >= 15 is 0 Å². The quantitative estimate of drug-likeness (QED) is 0.798. The van der Waals surface area contributed by atoms with Crippen molar-refractivity contribution in [2.45, 2.75) is 38.6 Å². The molecule has 1 fully saturated rings. The van der Waals surface area contributed by atoms with Crippen molar-refractivity contribution in [1.82, 2.24) is 5.32 Å². The predicted octanol–water partition coefficient (Wildman–Crippen LogP) is 3.67. The van der Waals surface area contributed by atoms with Gasteiger partial charge in [-0.3, -0.25) is 0 Å². The van der Waals surface area contributed by atoms with Crippen molar-refractivity contribution < 1.29 is 5.11 Å². The van der Waals surface area contributed by atoms with E-state index < -0.39 is 0 Å². The summed E-state index contributed by atoms with van der Waals surface area (Å²) in [6.07, 6.45) is 6.48. The first-order valence-corrected chi connectivity index (χ1v) is 7.32. The van der Waals surface area contributed by atoms with Gasteiger partial charge in [0.2, 0.25) is 0 Å². The number of phenols is 1. The molecule has 0 atom stereocenters. The van der Waals surface area contributed by atoms with E-state index in [0.29, 0.717) is 11.2 Å². The fraction of sp³-hybridized carbons (Fsp3) is 0.600. The Morgan fingerprint density at radius 1 is 1.11 bits per heavy atom. The van der Waals surface area contributed by atoms with Gasteiger partial charge >= 0.3 is 0 Å². The number of hydrogen-bond acceptors (Lipinski definition) is 2. The summed E-state index contributed by atoms with van der Waals surface area (Å²) >= 11 is 6.17. The van der Waals surface area contributed by atoms with E-state index in [1.807, 2.05) is 12.1 Å². The smallest absolute Gasteiger partial charge is 0.115 e. The number of aromatic hydroxyl groups is 1. The molecular weight excluding hydrogens is 246 g/mol. The van der Waals surface area contributed by atoms with Crippen LogP contribution in [0, 0.1) is 5.41 Å². The summed E-state index contributed by atoms with van der Waals surface area (Å²) in [5.74, 6) is 1.08. The Morgan fingerprint density at radius 2 is 1.78 bits per heavy atom. The van der Waals surface area contributed by atoms with E-state index in [-0.39, 0.29) is 0 Å². The average molecular weight is 268 g/mol. The number of benzene rings is 1. The molecule has 1 aromatic rings. The fourth-order valence-electron chi connectivity index (χ4n) is 2.75. The van der Waals surface area contributed by atoms with Crippen LogP contribution in [-0.4, -0.2) is 17.5 Å². The maximum Gasteiger partial charge on any atom is 0.115 e. The summed E-state index contributed by atoms with van der Waals surface area (Å²) in [6, 6.07) is 7.37. The normalized spacial score (nSPS) is 18.7. The van der Waals surface area contributed by atoms with Crippen LogP contribution in [0.25, 0.3) is 0 Å². The Morgan fingerprint density at radius 3 is 2.39 bits per heavy atom.